The van der Waals surface area contributed by atoms with Crippen LogP contribution in [0.15, 0.2) is 36.4 Å². The van der Waals surface area contributed by atoms with Crippen molar-refractivity contribution >= 4 is 0 Å². The highest BCUT2D eigenvalue weighted by atomic mass is 15.0. The van der Waals surface area contributed by atoms with Crippen LogP contribution in [0.1, 0.15) is 53.1 Å². The van der Waals surface area contributed by atoms with E-state index in [1.807, 2.05) is 0 Å². The van der Waals surface area contributed by atoms with Crippen molar-refractivity contribution in [3.8, 4) is 0 Å². The summed E-state index contributed by atoms with van der Waals surface area (Å²) in [7, 11) is 0. The second-order valence-corrected chi connectivity index (χ2v) is 6.53. The first-order valence-electron chi connectivity index (χ1n) is 7.48. The quantitative estimate of drug-likeness (QED) is 0.840. The first kappa shape index (κ1) is 15.7. The van der Waals surface area contributed by atoms with Gasteiger partial charge in [0.25, 0.3) is 0 Å². The monoisotopic (exact) mass is 282 g/mol. The molecule has 0 radical (unpaired) electrons. The lowest BCUT2D eigenvalue weighted by Gasteiger charge is -2.28. The number of rotatable bonds is 3. The summed E-state index contributed by atoms with van der Waals surface area (Å²) in [5.74, 6) is 0.457. The topological polar surface area (TPSA) is 52.0 Å². The van der Waals surface area contributed by atoms with Crippen molar-refractivity contribution in [2.45, 2.75) is 46.2 Å². The van der Waals surface area contributed by atoms with Gasteiger partial charge in [0.15, 0.2) is 0 Å². The van der Waals surface area contributed by atoms with Crippen LogP contribution in [0.3, 0.4) is 0 Å². The van der Waals surface area contributed by atoms with Gasteiger partial charge < -0.3 is 11.5 Å². The Morgan fingerprint density at radius 2 is 1.14 bits per heavy atom. The Labute approximate surface area is 128 Å². The lowest BCUT2D eigenvalue weighted by molar-refractivity contribution is 0.564. The van der Waals surface area contributed by atoms with Gasteiger partial charge in [0.2, 0.25) is 0 Å². The Kier molecular flexibility index (Phi) is 4.22. The Morgan fingerprint density at radius 3 is 1.62 bits per heavy atom. The molecule has 0 unspecified atom stereocenters. The molecule has 0 aliphatic rings. The molecule has 0 aromatic heterocycles. The molecule has 2 aromatic rings. The number of hydrogen-bond donors (Lipinski definition) is 2. The lowest BCUT2D eigenvalue weighted by atomic mass is 9.87. The molecule has 112 valence electrons. The SMILES string of the molecule is Cc1cc(C)cc(C(N)(N)c2cc(C)cc(C(C)C)c2)c1. The van der Waals surface area contributed by atoms with Gasteiger partial charge in [-0.2, -0.15) is 0 Å². The molecule has 0 amide bonds. The van der Waals surface area contributed by atoms with Crippen LogP contribution in [0.5, 0.6) is 0 Å². The van der Waals surface area contributed by atoms with Crippen LogP contribution in [0.2, 0.25) is 0 Å². The highest BCUT2D eigenvalue weighted by molar-refractivity contribution is 5.43. The summed E-state index contributed by atoms with van der Waals surface area (Å²) in [6.45, 7) is 10.6. The highest BCUT2D eigenvalue weighted by Crippen LogP contribution is 2.27. The lowest BCUT2D eigenvalue weighted by Crippen LogP contribution is -2.47. The minimum atomic E-state index is -0.966. The summed E-state index contributed by atoms with van der Waals surface area (Å²) < 4.78 is 0. The minimum Gasteiger partial charge on any atom is -0.306 e. The smallest absolute Gasteiger partial charge is 0.116 e. The van der Waals surface area contributed by atoms with Crippen LogP contribution >= 0.6 is 0 Å². The van der Waals surface area contributed by atoms with Crippen molar-refractivity contribution in [3.05, 3.63) is 69.8 Å². The van der Waals surface area contributed by atoms with Gasteiger partial charge in [-0.25, -0.2) is 0 Å². The van der Waals surface area contributed by atoms with Crippen LogP contribution in [-0.4, -0.2) is 0 Å². The summed E-state index contributed by atoms with van der Waals surface area (Å²) in [6.07, 6.45) is 0. The summed E-state index contributed by atoms with van der Waals surface area (Å²) >= 11 is 0. The summed E-state index contributed by atoms with van der Waals surface area (Å²) in [5, 5.41) is 0. The van der Waals surface area contributed by atoms with Gasteiger partial charge >= 0.3 is 0 Å². The average molecular weight is 282 g/mol. The fourth-order valence-electron chi connectivity index (χ4n) is 2.77. The molecule has 0 saturated carbocycles. The molecule has 0 aliphatic heterocycles. The van der Waals surface area contributed by atoms with E-state index >= 15 is 0 Å². The third-order valence-electron chi connectivity index (χ3n) is 3.94. The standard InChI is InChI=1S/C19H26N2/c1-12(2)16-7-15(5)10-18(11-16)19(20,21)17-8-13(3)6-14(4)9-17/h6-12H,20-21H2,1-5H3. The third kappa shape index (κ3) is 3.34. The molecule has 4 N–H and O–H groups in total. The van der Waals surface area contributed by atoms with Gasteiger partial charge in [-0.15, -0.1) is 0 Å². The fraction of sp³-hybridized carbons (Fsp3) is 0.368. The van der Waals surface area contributed by atoms with Crippen LogP contribution in [0.25, 0.3) is 0 Å². The zero-order chi connectivity index (χ0) is 15.8. The molecule has 2 rings (SSSR count). The van der Waals surface area contributed by atoms with Gasteiger partial charge in [-0.05, 0) is 43.4 Å². The number of benzene rings is 2. The maximum atomic E-state index is 6.51. The van der Waals surface area contributed by atoms with Crippen molar-refractivity contribution in [2.75, 3.05) is 0 Å². The molecule has 2 aromatic carbocycles. The molecule has 0 atom stereocenters. The summed E-state index contributed by atoms with van der Waals surface area (Å²) in [6, 6.07) is 12.7. The summed E-state index contributed by atoms with van der Waals surface area (Å²) in [4.78, 5) is 0. The zero-order valence-electron chi connectivity index (χ0n) is 13.7. The Morgan fingerprint density at radius 1 is 0.714 bits per heavy atom. The fourth-order valence-corrected chi connectivity index (χ4v) is 2.77. The van der Waals surface area contributed by atoms with E-state index < -0.39 is 5.66 Å². The number of hydrogen-bond acceptors (Lipinski definition) is 2. The molecular formula is C19H26N2. The highest BCUT2D eigenvalue weighted by Gasteiger charge is 2.25. The predicted octanol–water partition coefficient (Wildman–Crippen LogP) is 3.85. The Hall–Kier alpha value is -1.64. The molecule has 0 fully saturated rings. The summed E-state index contributed by atoms with van der Waals surface area (Å²) in [5.41, 5.74) is 18.8. The van der Waals surface area contributed by atoms with E-state index in [0.29, 0.717) is 5.92 Å². The number of nitrogens with two attached hydrogens (primary N) is 2. The second kappa shape index (κ2) is 5.63. The van der Waals surface area contributed by atoms with E-state index in [9.17, 15) is 0 Å². The first-order valence-corrected chi connectivity index (χ1v) is 7.48. The maximum Gasteiger partial charge on any atom is 0.116 e. The van der Waals surface area contributed by atoms with Crippen molar-refractivity contribution < 1.29 is 0 Å². The van der Waals surface area contributed by atoms with E-state index in [1.54, 1.807) is 0 Å². The van der Waals surface area contributed by atoms with Gasteiger partial charge in [-0.3, -0.25) is 0 Å². The van der Waals surface area contributed by atoms with Crippen molar-refractivity contribution in [3.63, 3.8) is 0 Å². The molecule has 0 spiro atoms. The Balaban J connectivity index is 2.57. The van der Waals surface area contributed by atoms with E-state index in [-0.39, 0.29) is 0 Å². The van der Waals surface area contributed by atoms with Crippen LogP contribution in [0.4, 0.5) is 0 Å². The molecular weight excluding hydrogens is 256 g/mol. The van der Waals surface area contributed by atoms with E-state index in [1.165, 1.54) is 22.3 Å². The molecule has 2 heteroatoms. The molecule has 0 bridgehead atoms. The van der Waals surface area contributed by atoms with E-state index in [0.717, 1.165) is 11.1 Å². The van der Waals surface area contributed by atoms with Gasteiger partial charge in [0.1, 0.15) is 5.66 Å². The second-order valence-electron chi connectivity index (χ2n) is 6.53. The minimum absolute atomic E-state index is 0.457. The average Bonchev–Trinajstić information content (AvgIpc) is 2.36. The predicted molar refractivity (Wildman–Crippen MR) is 90.3 cm³/mol. The van der Waals surface area contributed by atoms with Gasteiger partial charge in [0, 0.05) is 0 Å². The normalized spacial score (nSPS) is 12.0. The molecule has 0 aliphatic carbocycles. The van der Waals surface area contributed by atoms with Gasteiger partial charge in [-0.1, -0.05) is 66.9 Å². The van der Waals surface area contributed by atoms with Crippen molar-refractivity contribution in [1.82, 2.24) is 0 Å². The largest absolute Gasteiger partial charge is 0.306 e. The van der Waals surface area contributed by atoms with Crippen LogP contribution in [0, 0.1) is 20.8 Å². The molecule has 2 nitrogen and oxygen atoms in total. The van der Waals surface area contributed by atoms with Crippen LogP contribution in [-0.2, 0) is 5.66 Å². The van der Waals surface area contributed by atoms with Crippen molar-refractivity contribution in [2.24, 2.45) is 11.5 Å². The van der Waals surface area contributed by atoms with E-state index in [4.69, 9.17) is 11.5 Å². The van der Waals surface area contributed by atoms with Crippen molar-refractivity contribution in [1.29, 1.82) is 0 Å². The zero-order valence-corrected chi connectivity index (χ0v) is 13.7. The molecule has 0 saturated heterocycles. The van der Waals surface area contributed by atoms with E-state index in [2.05, 4.69) is 71.0 Å². The van der Waals surface area contributed by atoms with Gasteiger partial charge in [0.05, 0.1) is 0 Å². The number of aryl methyl sites for hydroxylation is 3. The molecule has 0 heterocycles. The van der Waals surface area contributed by atoms with Crippen LogP contribution < -0.4 is 11.5 Å². The maximum absolute atomic E-state index is 6.51. The Bertz CT molecular complexity index is 634. The first-order chi connectivity index (χ1) is 9.70. The molecule has 21 heavy (non-hydrogen) atoms. The third-order valence-corrected chi connectivity index (χ3v) is 3.94.